The number of pyridine rings is 1. The van der Waals surface area contributed by atoms with Gasteiger partial charge in [-0.25, -0.2) is 4.98 Å². The fourth-order valence-corrected chi connectivity index (χ4v) is 1.99. The molecule has 1 N–H and O–H groups in total. The number of methoxy groups -OCH3 is 1. The lowest BCUT2D eigenvalue weighted by atomic mass is 9.91. The predicted molar refractivity (Wildman–Crippen MR) is 60.0 cm³/mol. The molecule has 0 saturated carbocycles. The summed E-state index contributed by atoms with van der Waals surface area (Å²) >= 11 is 0. The molecule has 1 unspecified atom stereocenters. The summed E-state index contributed by atoms with van der Waals surface area (Å²) in [7, 11) is 1.66. The van der Waals surface area contributed by atoms with E-state index in [4.69, 9.17) is 4.74 Å². The van der Waals surface area contributed by atoms with Crippen LogP contribution in [-0.4, -0.2) is 18.1 Å². The van der Waals surface area contributed by atoms with Crippen molar-refractivity contribution in [1.82, 2.24) is 10.3 Å². The monoisotopic (exact) mass is 206 g/mol. The first-order chi connectivity index (χ1) is 7.20. The van der Waals surface area contributed by atoms with Gasteiger partial charge in [0.1, 0.15) is 0 Å². The standard InChI is InChI=1S/C12H18N2O/c1-8(2)11-4-9-5-12(15-3)14-7-10(9)6-13-11/h5,7-8,11,13H,4,6H2,1-3H3. The minimum absolute atomic E-state index is 0.574. The maximum atomic E-state index is 5.14. The van der Waals surface area contributed by atoms with Gasteiger partial charge >= 0.3 is 0 Å². The van der Waals surface area contributed by atoms with E-state index < -0.39 is 0 Å². The van der Waals surface area contributed by atoms with E-state index in [2.05, 4.69) is 30.2 Å². The molecule has 1 aromatic rings. The van der Waals surface area contributed by atoms with Crippen molar-refractivity contribution < 1.29 is 4.74 Å². The highest BCUT2D eigenvalue weighted by molar-refractivity contribution is 5.32. The zero-order valence-electron chi connectivity index (χ0n) is 9.58. The SMILES string of the molecule is COc1cc2c(cn1)CNC(C(C)C)C2. The molecule has 2 heterocycles. The van der Waals surface area contributed by atoms with Crippen molar-refractivity contribution in [3.63, 3.8) is 0 Å². The number of ether oxygens (including phenoxy) is 1. The van der Waals surface area contributed by atoms with E-state index in [1.54, 1.807) is 7.11 Å². The number of rotatable bonds is 2. The average molecular weight is 206 g/mol. The summed E-state index contributed by atoms with van der Waals surface area (Å²) in [6, 6.07) is 2.63. The summed E-state index contributed by atoms with van der Waals surface area (Å²) in [5.41, 5.74) is 2.67. The van der Waals surface area contributed by atoms with E-state index >= 15 is 0 Å². The van der Waals surface area contributed by atoms with Crippen LogP contribution in [0.3, 0.4) is 0 Å². The number of fused-ring (bicyclic) bond motifs is 1. The number of nitrogens with one attached hydrogen (secondary N) is 1. The molecule has 82 valence electrons. The van der Waals surface area contributed by atoms with Crippen LogP contribution in [0.4, 0.5) is 0 Å². The van der Waals surface area contributed by atoms with Crippen LogP contribution in [0.15, 0.2) is 12.3 Å². The Balaban J connectivity index is 2.23. The second-order valence-corrected chi connectivity index (χ2v) is 4.43. The Bertz CT molecular complexity index is 349. The first-order valence-electron chi connectivity index (χ1n) is 5.46. The van der Waals surface area contributed by atoms with Crippen LogP contribution >= 0.6 is 0 Å². The summed E-state index contributed by atoms with van der Waals surface area (Å²) in [6.07, 6.45) is 2.99. The normalized spacial score (nSPS) is 20.1. The van der Waals surface area contributed by atoms with Gasteiger partial charge in [-0.15, -0.1) is 0 Å². The maximum absolute atomic E-state index is 5.14. The van der Waals surface area contributed by atoms with Gasteiger partial charge in [0.2, 0.25) is 5.88 Å². The van der Waals surface area contributed by atoms with Gasteiger partial charge in [-0.3, -0.25) is 0 Å². The second kappa shape index (κ2) is 4.19. The number of hydrogen-bond donors (Lipinski definition) is 1. The summed E-state index contributed by atoms with van der Waals surface area (Å²) < 4.78 is 5.14. The van der Waals surface area contributed by atoms with Gasteiger partial charge in [0.05, 0.1) is 7.11 Å². The predicted octanol–water partition coefficient (Wildman–Crippen LogP) is 1.76. The molecular formula is C12H18N2O. The van der Waals surface area contributed by atoms with E-state index in [1.807, 2.05) is 6.20 Å². The van der Waals surface area contributed by atoms with E-state index in [1.165, 1.54) is 11.1 Å². The molecule has 2 rings (SSSR count). The van der Waals surface area contributed by atoms with Crippen LogP contribution in [-0.2, 0) is 13.0 Å². The Morgan fingerprint density at radius 3 is 2.93 bits per heavy atom. The molecule has 0 aliphatic carbocycles. The van der Waals surface area contributed by atoms with Gasteiger partial charge < -0.3 is 10.1 Å². The van der Waals surface area contributed by atoms with Crippen molar-refractivity contribution in [3.8, 4) is 5.88 Å². The Hall–Kier alpha value is -1.09. The largest absolute Gasteiger partial charge is 0.481 e. The molecule has 3 nitrogen and oxygen atoms in total. The van der Waals surface area contributed by atoms with Gasteiger partial charge in [-0.05, 0) is 23.5 Å². The van der Waals surface area contributed by atoms with Gasteiger partial charge in [0.25, 0.3) is 0 Å². The molecule has 15 heavy (non-hydrogen) atoms. The molecule has 0 spiro atoms. The third-order valence-electron chi connectivity index (χ3n) is 3.07. The zero-order valence-corrected chi connectivity index (χ0v) is 9.58. The fraction of sp³-hybridized carbons (Fsp3) is 0.583. The number of aromatic nitrogens is 1. The van der Waals surface area contributed by atoms with Gasteiger partial charge in [-0.1, -0.05) is 13.8 Å². The van der Waals surface area contributed by atoms with Crippen LogP contribution in [0.5, 0.6) is 5.88 Å². The third kappa shape index (κ3) is 2.12. The lowest BCUT2D eigenvalue weighted by Gasteiger charge is -2.28. The molecular weight excluding hydrogens is 188 g/mol. The van der Waals surface area contributed by atoms with E-state index in [0.29, 0.717) is 12.0 Å². The molecule has 1 atom stereocenters. The first-order valence-corrected chi connectivity index (χ1v) is 5.46. The van der Waals surface area contributed by atoms with E-state index in [-0.39, 0.29) is 0 Å². The average Bonchev–Trinajstić information content (AvgIpc) is 2.27. The van der Waals surface area contributed by atoms with Gasteiger partial charge in [0, 0.05) is 24.8 Å². The maximum Gasteiger partial charge on any atom is 0.213 e. The fourth-order valence-electron chi connectivity index (χ4n) is 1.99. The molecule has 1 aromatic heterocycles. The smallest absolute Gasteiger partial charge is 0.213 e. The summed E-state index contributed by atoms with van der Waals surface area (Å²) in [6.45, 7) is 5.43. The lowest BCUT2D eigenvalue weighted by molar-refractivity contribution is 0.369. The van der Waals surface area contributed by atoms with Gasteiger partial charge in [-0.2, -0.15) is 0 Å². The summed E-state index contributed by atoms with van der Waals surface area (Å²) in [4.78, 5) is 4.22. The first kappa shape index (κ1) is 10.4. The molecule has 1 aliphatic heterocycles. The van der Waals surface area contributed by atoms with Crippen molar-refractivity contribution in [2.75, 3.05) is 7.11 Å². The van der Waals surface area contributed by atoms with Crippen molar-refractivity contribution >= 4 is 0 Å². The van der Waals surface area contributed by atoms with Crippen molar-refractivity contribution in [2.45, 2.75) is 32.9 Å². The minimum Gasteiger partial charge on any atom is -0.481 e. The zero-order chi connectivity index (χ0) is 10.8. The second-order valence-electron chi connectivity index (χ2n) is 4.43. The summed E-state index contributed by atoms with van der Waals surface area (Å²) in [5, 5.41) is 3.53. The molecule has 0 fully saturated rings. The van der Waals surface area contributed by atoms with Gasteiger partial charge in [0.15, 0.2) is 0 Å². The van der Waals surface area contributed by atoms with Crippen molar-refractivity contribution in [1.29, 1.82) is 0 Å². The Morgan fingerprint density at radius 1 is 1.47 bits per heavy atom. The topological polar surface area (TPSA) is 34.1 Å². The van der Waals surface area contributed by atoms with Crippen molar-refractivity contribution in [3.05, 3.63) is 23.4 Å². The van der Waals surface area contributed by atoms with Crippen LogP contribution < -0.4 is 10.1 Å². The van der Waals surface area contributed by atoms with Crippen LogP contribution in [0.1, 0.15) is 25.0 Å². The van der Waals surface area contributed by atoms with Crippen LogP contribution in [0, 0.1) is 5.92 Å². The molecule has 0 bridgehead atoms. The highest BCUT2D eigenvalue weighted by atomic mass is 16.5. The minimum atomic E-state index is 0.574. The molecule has 3 heteroatoms. The molecule has 0 radical (unpaired) electrons. The van der Waals surface area contributed by atoms with Crippen molar-refractivity contribution in [2.24, 2.45) is 5.92 Å². The Labute approximate surface area is 90.9 Å². The molecule has 1 aliphatic rings. The number of hydrogen-bond acceptors (Lipinski definition) is 3. The molecule has 0 aromatic carbocycles. The lowest BCUT2D eigenvalue weighted by Crippen LogP contribution is -2.39. The van der Waals surface area contributed by atoms with E-state index in [0.717, 1.165) is 18.8 Å². The summed E-state index contributed by atoms with van der Waals surface area (Å²) in [5.74, 6) is 1.38. The third-order valence-corrected chi connectivity index (χ3v) is 3.07. The highest BCUT2D eigenvalue weighted by Crippen LogP contribution is 2.22. The number of nitrogens with zero attached hydrogens (tertiary/aromatic N) is 1. The quantitative estimate of drug-likeness (QED) is 0.800. The van der Waals surface area contributed by atoms with Crippen LogP contribution in [0.25, 0.3) is 0 Å². The van der Waals surface area contributed by atoms with Crippen LogP contribution in [0.2, 0.25) is 0 Å². The molecule has 0 saturated heterocycles. The highest BCUT2D eigenvalue weighted by Gasteiger charge is 2.20. The Kier molecular flexibility index (Phi) is 2.91. The Morgan fingerprint density at radius 2 is 2.27 bits per heavy atom. The van der Waals surface area contributed by atoms with E-state index in [9.17, 15) is 0 Å². The molecule has 0 amide bonds.